The molecule has 18 heavy (non-hydrogen) atoms. The van der Waals surface area contributed by atoms with E-state index in [2.05, 4.69) is 5.32 Å². The van der Waals surface area contributed by atoms with E-state index in [1.807, 2.05) is 7.05 Å². The molecule has 108 valence electrons. The second-order valence-corrected chi connectivity index (χ2v) is 5.24. The lowest BCUT2D eigenvalue weighted by molar-refractivity contribution is -0.146. The predicted octanol–water partition coefficient (Wildman–Crippen LogP) is 3.04. The fourth-order valence-corrected chi connectivity index (χ4v) is 2.85. The molecule has 1 aliphatic carbocycles. The highest BCUT2D eigenvalue weighted by Gasteiger charge is 2.32. The van der Waals surface area contributed by atoms with Crippen LogP contribution in [0.1, 0.15) is 39.0 Å². The van der Waals surface area contributed by atoms with E-state index in [4.69, 9.17) is 0 Å². The van der Waals surface area contributed by atoms with E-state index in [1.165, 1.54) is 24.2 Å². The van der Waals surface area contributed by atoms with Gasteiger partial charge in [-0.15, -0.1) is 0 Å². The van der Waals surface area contributed by atoms with Crippen molar-refractivity contribution in [2.45, 2.75) is 51.2 Å². The Morgan fingerprint density at radius 1 is 1.22 bits per heavy atom. The van der Waals surface area contributed by atoms with Crippen molar-refractivity contribution in [3.63, 3.8) is 0 Å². The molecule has 0 aromatic rings. The number of hydrogen-bond donors (Lipinski definition) is 1. The second kappa shape index (κ2) is 7.34. The summed E-state index contributed by atoms with van der Waals surface area (Å²) in [5, 5.41) is 3.21. The smallest absolute Gasteiger partial charge is 0.315 e. The number of hydrogen-bond acceptors (Lipinski definition) is 2. The molecule has 5 heteroatoms. The number of nitrogens with zero attached hydrogens (tertiary/aromatic N) is 1. The van der Waals surface area contributed by atoms with Crippen LogP contribution in [0.2, 0.25) is 0 Å². The van der Waals surface area contributed by atoms with E-state index in [-0.39, 0.29) is 6.04 Å². The lowest BCUT2D eigenvalue weighted by atomic mass is 9.83. The maximum absolute atomic E-state index is 12.4. The minimum atomic E-state index is -4.10. The Morgan fingerprint density at radius 2 is 1.83 bits per heavy atom. The van der Waals surface area contributed by atoms with Crippen LogP contribution in [0.5, 0.6) is 0 Å². The summed E-state index contributed by atoms with van der Waals surface area (Å²) in [7, 11) is 1.86. The Balaban J connectivity index is 2.48. The fourth-order valence-electron chi connectivity index (χ4n) is 2.85. The van der Waals surface area contributed by atoms with Gasteiger partial charge in [-0.25, -0.2) is 0 Å². The first-order valence-electron chi connectivity index (χ1n) is 6.92. The maximum atomic E-state index is 12.4. The van der Waals surface area contributed by atoms with Crippen LogP contribution in [0.4, 0.5) is 13.2 Å². The van der Waals surface area contributed by atoms with Crippen molar-refractivity contribution >= 4 is 0 Å². The topological polar surface area (TPSA) is 15.3 Å². The van der Waals surface area contributed by atoms with Gasteiger partial charge in [-0.05, 0) is 32.4 Å². The molecule has 2 nitrogen and oxygen atoms in total. The third-order valence-electron chi connectivity index (χ3n) is 3.89. The molecule has 0 bridgehead atoms. The van der Waals surface area contributed by atoms with Gasteiger partial charge in [-0.1, -0.05) is 26.2 Å². The predicted molar refractivity (Wildman–Crippen MR) is 67.6 cm³/mol. The molecule has 0 aromatic carbocycles. The van der Waals surface area contributed by atoms with Crippen LogP contribution in [0.3, 0.4) is 0 Å². The van der Waals surface area contributed by atoms with Crippen molar-refractivity contribution in [1.29, 1.82) is 0 Å². The van der Waals surface area contributed by atoms with Gasteiger partial charge in [0, 0.05) is 12.6 Å². The summed E-state index contributed by atoms with van der Waals surface area (Å²) >= 11 is 0. The number of likely N-dealkylation sites (N-methyl/N-ethyl adjacent to an activating group) is 2. The minimum absolute atomic E-state index is 0.188. The van der Waals surface area contributed by atoms with Crippen LogP contribution in [0, 0.1) is 5.92 Å². The molecule has 1 unspecified atom stereocenters. The summed E-state index contributed by atoms with van der Waals surface area (Å²) < 4.78 is 37.3. The Labute approximate surface area is 108 Å². The summed E-state index contributed by atoms with van der Waals surface area (Å²) in [5.74, 6) is 0.533. The summed E-state index contributed by atoms with van der Waals surface area (Å²) in [6.07, 6.45) is 1.90. The molecule has 1 fully saturated rings. The maximum Gasteiger partial charge on any atom is 0.401 e. The molecule has 0 saturated heterocycles. The SMILES string of the molecule is CCN(CC(NC)C1CCCCC1)CC(F)(F)F. The number of alkyl halides is 3. The zero-order valence-corrected chi connectivity index (χ0v) is 11.4. The van der Waals surface area contributed by atoms with Gasteiger partial charge in [0.05, 0.1) is 6.54 Å². The molecular weight excluding hydrogens is 241 g/mol. The van der Waals surface area contributed by atoms with Gasteiger partial charge in [-0.3, -0.25) is 4.90 Å². The summed E-state index contributed by atoms with van der Waals surface area (Å²) in [4.78, 5) is 1.50. The van der Waals surface area contributed by atoms with E-state index >= 15 is 0 Å². The van der Waals surface area contributed by atoms with Crippen molar-refractivity contribution in [2.24, 2.45) is 5.92 Å². The number of rotatable bonds is 6. The third-order valence-corrected chi connectivity index (χ3v) is 3.89. The van der Waals surface area contributed by atoms with Gasteiger partial charge in [-0.2, -0.15) is 13.2 Å². The van der Waals surface area contributed by atoms with Gasteiger partial charge < -0.3 is 5.32 Å². The summed E-state index contributed by atoms with van der Waals surface area (Å²) in [6, 6.07) is 0.188. The van der Waals surface area contributed by atoms with Gasteiger partial charge in [0.15, 0.2) is 0 Å². The fraction of sp³-hybridized carbons (Fsp3) is 1.00. The molecule has 0 aliphatic heterocycles. The van der Waals surface area contributed by atoms with Gasteiger partial charge in [0.1, 0.15) is 0 Å². The largest absolute Gasteiger partial charge is 0.401 e. The van der Waals surface area contributed by atoms with Crippen LogP contribution in [0.25, 0.3) is 0 Å². The third kappa shape index (κ3) is 5.57. The zero-order valence-electron chi connectivity index (χ0n) is 11.4. The standard InChI is InChI=1S/C13H25F3N2/c1-3-18(10-13(14,15)16)9-12(17-2)11-7-5-4-6-8-11/h11-12,17H,3-10H2,1-2H3. The molecule has 1 saturated carbocycles. The van der Waals surface area contributed by atoms with Crippen molar-refractivity contribution in [2.75, 3.05) is 26.7 Å². The molecule has 1 rings (SSSR count). The Bertz CT molecular complexity index is 225. The Kier molecular flexibility index (Phi) is 6.43. The van der Waals surface area contributed by atoms with Crippen molar-refractivity contribution in [1.82, 2.24) is 10.2 Å². The van der Waals surface area contributed by atoms with Crippen LogP contribution < -0.4 is 5.32 Å². The molecule has 0 spiro atoms. The summed E-state index contributed by atoms with van der Waals surface area (Å²) in [6.45, 7) is 1.94. The average molecular weight is 266 g/mol. The van der Waals surface area contributed by atoms with Crippen LogP contribution in [-0.4, -0.2) is 43.8 Å². The van der Waals surface area contributed by atoms with E-state index in [0.29, 0.717) is 19.0 Å². The van der Waals surface area contributed by atoms with Crippen molar-refractivity contribution in [3.8, 4) is 0 Å². The average Bonchev–Trinajstić information content (AvgIpc) is 2.34. The molecule has 1 atom stereocenters. The second-order valence-electron chi connectivity index (χ2n) is 5.24. The van der Waals surface area contributed by atoms with E-state index in [1.54, 1.807) is 6.92 Å². The highest BCUT2D eigenvalue weighted by molar-refractivity contribution is 4.81. The lowest BCUT2D eigenvalue weighted by Gasteiger charge is -2.34. The molecule has 0 amide bonds. The molecule has 0 radical (unpaired) electrons. The van der Waals surface area contributed by atoms with Crippen LogP contribution in [-0.2, 0) is 0 Å². The Morgan fingerprint density at radius 3 is 2.28 bits per heavy atom. The first-order chi connectivity index (χ1) is 8.46. The van der Waals surface area contributed by atoms with Gasteiger partial charge in [0.25, 0.3) is 0 Å². The van der Waals surface area contributed by atoms with Crippen LogP contribution in [0.15, 0.2) is 0 Å². The summed E-state index contributed by atoms with van der Waals surface area (Å²) in [5.41, 5.74) is 0. The minimum Gasteiger partial charge on any atom is -0.315 e. The molecule has 1 N–H and O–H groups in total. The molecule has 0 aromatic heterocycles. The monoisotopic (exact) mass is 266 g/mol. The number of nitrogens with one attached hydrogen (secondary N) is 1. The van der Waals surface area contributed by atoms with Crippen molar-refractivity contribution < 1.29 is 13.2 Å². The normalized spacial score (nSPS) is 20.3. The zero-order chi connectivity index (χ0) is 13.6. The highest BCUT2D eigenvalue weighted by atomic mass is 19.4. The van der Waals surface area contributed by atoms with E-state index < -0.39 is 12.7 Å². The first kappa shape index (κ1) is 15.8. The molecule has 0 heterocycles. The van der Waals surface area contributed by atoms with E-state index in [0.717, 1.165) is 12.8 Å². The lowest BCUT2D eigenvalue weighted by Crippen LogP contribution is -2.47. The Hall–Kier alpha value is -0.290. The van der Waals surface area contributed by atoms with Crippen LogP contribution >= 0.6 is 0 Å². The quantitative estimate of drug-likeness (QED) is 0.795. The van der Waals surface area contributed by atoms with E-state index in [9.17, 15) is 13.2 Å². The van der Waals surface area contributed by atoms with Gasteiger partial charge >= 0.3 is 6.18 Å². The first-order valence-corrected chi connectivity index (χ1v) is 6.92. The highest BCUT2D eigenvalue weighted by Crippen LogP contribution is 2.27. The molecule has 1 aliphatic rings. The molecular formula is C13H25F3N2. The van der Waals surface area contributed by atoms with Gasteiger partial charge in [0.2, 0.25) is 0 Å². The number of halogens is 3. The van der Waals surface area contributed by atoms with Crippen molar-refractivity contribution in [3.05, 3.63) is 0 Å².